The molecule has 3 heteroatoms. The number of rotatable bonds is 2. The summed E-state index contributed by atoms with van der Waals surface area (Å²) in [6.45, 7) is 0. The van der Waals surface area contributed by atoms with Crippen molar-refractivity contribution < 1.29 is 4.21 Å². The van der Waals surface area contributed by atoms with Crippen LogP contribution in [0, 0.1) is 0 Å². The molecule has 58 valence electrons. The monoisotopic (exact) mass is 184 g/mol. The molecule has 0 aliphatic rings. The number of hydrogen-bond acceptors (Lipinski definition) is 2. The molecular formula is C8H8OS2. The van der Waals surface area contributed by atoms with E-state index >= 15 is 0 Å². The van der Waals surface area contributed by atoms with Crippen molar-refractivity contribution in [1.29, 1.82) is 0 Å². The molecule has 0 amide bonds. The first-order valence-electron chi connectivity index (χ1n) is 3.13. The van der Waals surface area contributed by atoms with Gasteiger partial charge in [0.2, 0.25) is 0 Å². The molecule has 0 saturated heterocycles. The molecule has 0 aromatic heterocycles. The zero-order valence-electron chi connectivity index (χ0n) is 6.11. The number of benzene rings is 1. The fourth-order valence-corrected chi connectivity index (χ4v) is 1.78. The van der Waals surface area contributed by atoms with Crippen molar-refractivity contribution in [3.63, 3.8) is 0 Å². The first kappa shape index (κ1) is 8.56. The second-order valence-electron chi connectivity index (χ2n) is 1.96. The predicted octanol–water partition coefficient (Wildman–Crippen LogP) is 1.77. The third-order valence-electron chi connectivity index (χ3n) is 1.31. The summed E-state index contributed by atoms with van der Waals surface area (Å²) in [6, 6.07) is 7.85. The van der Waals surface area contributed by atoms with Gasteiger partial charge >= 0.3 is 0 Å². The summed E-state index contributed by atoms with van der Waals surface area (Å²) < 4.78 is 10.2. The van der Waals surface area contributed by atoms with Gasteiger partial charge in [0, 0.05) is 15.8 Å². The molecule has 1 rings (SSSR count). The Morgan fingerprint density at radius 3 is 2.73 bits per heavy atom. The van der Waals surface area contributed by atoms with Gasteiger partial charge in [-0.05, 0) is 12.3 Å². The van der Waals surface area contributed by atoms with Crippen LogP contribution in [0.2, 0.25) is 0 Å². The van der Waals surface area contributed by atoms with E-state index in [-0.39, 0.29) is 0 Å². The predicted molar refractivity (Wildman–Crippen MR) is 51.5 cm³/mol. The normalized spacial score (nSPS) is 9.18. The molecule has 0 unspecified atom stereocenters. The zero-order valence-corrected chi connectivity index (χ0v) is 7.74. The Morgan fingerprint density at radius 1 is 1.36 bits per heavy atom. The van der Waals surface area contributed by atoms with Crippen LogP contribution in [0.15, 0.2) is 29.2 Å². The van der Waals surface area contributed by atoms with E-state index < -0.39 is 0 Å². The minimum Gasteiger partial charge on any atom is -0.212 e. The first-order valence-corrected chi connectivity index (χ1v) is 5.16. The van der Waals surface area contributed by atoms with E-state index in [1.54, 1.807) is 17.1 Å². The molecule has 0 radical (unpaired) electrons. The molecule has 0 bridgehead atoms. The molecule has 0 fully saturated rings. The lowest BCUT2D eigenvalue weighted by molar-refractivity contribution is 0.701. The van der Waals surface area contributed by atoms with Gasteiger partial charge in [-0.2, -0.15) is 0 Å². The standard InChI is InChI=1S/C8H8OS2/c1-10-8-5-3-2-4-7(8)6-11-9/h2-6H,1H3. The third kappa shape index (κ3) is 2.20. The highest BCUT2D eigenvalue weighted by Crippen LogP contribution is 2.17. The van der Waals surface area contributed by atoms with Crippen LogP contribution in [0.1, 0.15) is 5.56 Å². The van der Waals surface area contributed by atoms with Crippen molar-refractivity contribution in [2.24, 2.45) is 0 Å². The summed E-state index contributed by atoms with van der Waals surface area (Å²) in [5.74, 6) is 0. The Balaban J connectivity index is 3.11. The number of hydrogen-bond donors (Lipinski definition) is 0. The third-order valence-corrected chi connectivity index (χ3v) is 2.48. The molecule has 0 atom stereocenters. The lowest BCUT2D eigenvalue weighted by atomic mass is 10.2. The highest BCUT2D eigenvalue weighted by atomic mass is 32.2. The largest absolute Gasteiger partial charge is 0.212 e. The van der Waals surface area contributed by atoms with Crippen LogP contribution in [-0.4, -0.2) is 15.8 Å². The Morgan fingerprint density at radius 2 is 2.09 bits per heavy atom. The summed E-state index contributed by atoms with van der Waals surface area (Å²) in [7, 11) is 0. The summed E-state index contributed by atoms with van der Waals surface area (Å²) in [4.78, 5) is 1.15. The quantitative estimate of drug-likeness (QED) is 0.515. The van der Waals surface area contributed by atoms with Gasteiger partial charge < -0.3 is 0 Å². The second kappa shape index (κ2) is 4.36. The van der Waals surface area contributed by atoms with E-state index in [2.05, 4.69) is 0 Å². The van der Waals surface area contributed by atoms with E-state index in [9.17, 15) is 4.21 Å². The summed E-state index contributed by atoms with van der Waals surface area (Å²) in [5.41, 5.74) is 1.01. The zero-order chi connectivity index (χ0) is 8.10. The summed E-state index contributed by atoms with van der Waals surface area (Å²) >= 11 is 2.15. The Kier molecular flexibility index (Phi) is 3.39. The van der Waals surface area contributed by atoms with Crippen LogP contribution in [0.3, 0.4) is 0 Å². The summed E-state index contributed by atoms with van der Waals surface area (Å²) in [5, 5.41) is 1.62. The van der Waals surface area contributed by atoms with Gasteiger partial charge in [-0.25, -0.2) is 4.21 Å². The first-order chi connectivity index (χ1) is 5.38. The minimum absolute atomic E-state index is 0.496. The van der Waals surface area contributed by atoms with Gasteiger partial charge in [0.25, 0.3) is 0 Å². The van der Waals surface area contributed by atoms with Crippen LogP contribution in [-0.2, 0) is 11.3 Å². The Bertz CT molecular complexity index is 290. The lowest BCUT2D eigenvalue weighted by Crippen LogP contribution is -1.82. The van der Waals surface area contributed by atoms with Crippen LogP contribution in [0.25, 0.3) is 0 Å². The highest BCUT2D eigenvalue weighted by molar-refractivity contribution is 7.98. The van der Waals surface area contributed by atoms with Crippen LogP contribution < -0.4 is 0 Å². The molecule has 0 aliphatic carbocycles. The van der Waals surface area contributed by atoms with E-state index in [1.807, 2.05) is 30.5 Å². The topological polar surface area (TPSA) is 17.1 Å². The molecule has 0 aliphatic heterocycles. The summed E-state index contributed by atoms with van der Waals surface area (Å²) in [6.07, 6.45) is 2.00. The fraction of sp³-hybridized carbons (Fsp3) is 0.125. The van der Waals surface area contributed by atoms with Crippen molar-refractivity contribution in [3.8, 4) is 0 Å². The second-order valence-corrected chi connectivity index (χ2v) is 3.23. The van der Waals surface area contributed by atoms with Crippen LogP contribution in [0.4, 0.5) is 0 Å². The molecule has 0 spiro atoms. The maximum Gasteiger partial charge on any atom is 0.0892 e. The van der Waals surface area contributed by atoms with Gasteiger partial charge in [-0.15, -0.1) is 11.8 Å². The van der Waals surface area contributed by atoms with Crippen molar-refractivity contribution >= 4 is 28.4 Å². The highest BCUT2D eigenvalue weighted by Gasteiger charge is 1.94. The minimum atomic E-state index is 0.496. The Labute approximate surface area is 73.9 Å². The maximum absolute atomic E-state index is 10.2. The van der Waals surface area contributed by atoms with Gasteiger partial charge in [-0.1, -0.05) is 18.2 Å². The van der Waals surface area contributed by atoms with Gasteiger partial charge in [0.15, 0.2) is 0 Å². The average Bonchev–Trinajstić information content (AvgIpc) is 2.06. The maximum atomic E-state index is 10.2. The van der Waals surface area contributed by atoms with Gasteiger partial charge in [0.05, 0.1) is 11.3 Å². The van der Waals surface area contributed by atoms with Crippen molar-refractivity contribution in [3.05, 3.63) is 29.8 Å². The van der Waals surface area contributed by atoms with E-state index in [1.165, 1.54) is 0 Å². The SMILES string of the molecule is CSc1ccccc1C=S=O. The molecule has 1 nitrogen and oxygen atoms in total. The van der Waals surface area contributed by atoms with Crippen molar-refractivity contribution in [1.82, 2.24) is 0 Å². The molecule has 11 heavy (non-hydrogen) atoms. The molecule has 1 aromatic rings. The lowest BCUT2D eigenvalue weighted by Gasteiger charge is -1.98. The smallest absolute Gasteiger partial charge is 0.0892 e. The van der Waals surface area contributed by atoms with Gasteiger partial charge in [0.1, 0.15) is 0 Å². The van der Waals surface area contributed by atoms with Crippen molar-refractivity contribution in [2.45, 2.75) is 4.90 Å². The van der Waals surface area contributed by atoms with Crippen LogP contribution >= 0.6 is 11.8 Å². The molecule has 0 N–H and O–H groups in total. The number of thioether (sulfide) groups is 1. The fourth-order valence-electron chi connectivity index (χ4n) is 0.816. The van der Waals surface area contributed by atoms with E-state index in [0.717, 1.165) is 10.5 Å². The molecular weight excluding hydrogens is 176 g/mol. The molecule has 1 aromatic carbocycles. The van der Waals surface area contributed by atoms with Crippen molar-refractivity contribution in [2.75, 3.05) is 6.26 Å². The van der Waals surface area contributed by atoms with Crippen LogP contribution in [0.5, 0.6) is 0 Å². The van der Waals surface area contributed by atoms with Gasteiger partial charge in [-0.3, -0.25) is 0 Å². The average molecular weight is 184 g/mol. The Hall–Kier alpha value is -0.540. The molecule has 0 saturated carbocycles. The van der Waals surface area contributed by atoms with E-state index in [0.29, 0.717) is 11.3 Å². The van der Waals surface area contributed by atoms with E-state index in [4.69, 9.17) is 0 Å². The molecule has 0 heterocycles.